The lowest BCUT2D eigenvalue weighted by Gasteiger charge is -2.27. The Morgan fingerprint density at radius 2 is 1.84 bits per heavy atom. The summed E-state index contributed by atoms with van der Waals surface area (Å²) in [5.41, 5.74) is 3.44. The van der Waals surface area contributed by atoms with E-state index in [1.807, 2.05) is 18.3 Å². The smallest absolute Gasteiger partial charge is 0.220 e. The molecule has 0 radical (unpaired) electrons. The van der Waals surface area contributed by atoms with E-state index in [1.54, 1.807) is 0 Å². The lowest BCUT2D eigenvalue weighted by Crippen LogP contribution is -2.36. The quantitative estimate of drug-likeness (QED) is 0.878. The van der Waals surface area contributed by atoms with Crippen molar-refractivity contribution < 1.29 is 9.53 Å². The van der Waals surface area contributed by atoms with E-state index in [0.29, 0.717) is 13.0 Å². The van der Waals surface area contributed by atoms with Crippen molar-refractivity contribution in [2.24, 2.45) is 0 Å². The van der Waals surface area contributed by atoms with Crippen LogP contribution in [0.5, 0.6) is 0 Å². The third-order valence-electron chi connectivity index (χ3n) is 4.40. The molecular formula is C20H25N3O2. The lowest BCUT2D eigenvalue weighted by atomic mass is 10.1. The zero-order chi connectivity index (χ0) is 17.5. The number of ether oxygens (including phenoxy) is 1. The highest BCUT2D eigenvalue weighted by Gasteiger charge is 2.12. The molecule has 1 aromatic carbocycles. The fourth-order valence-electron chi connectivity index (χ4n) is 2.80. The Bertz CT molecular complexity index is 677. The van der Waals surface area contributed by atoms with Crippen LogP contribution in [0.4, 0.5) is 5.82 Å². The van der Waals surface area contributed by atoms with Crippen LogP contribution in [0.2, 0.25) is 0 Å². The number of hydrogen-bond acceptors (Lipinski definition) is 4. The van der Waals surface area contributed by atoms with Crippen molar-refractivity contribution in [1.82, 2.24) is 10.3 Å². The number of nitrogens with zero attached hydrogens (tertiary/aromatic N) is 2. The summed E-state index contributed by atoms with van der Waals surface area (Å²) in [5, 5.41) is 2.97. The monoisotopic (exact) mass is 339 g/mol. The van der Waals surface area contributed by atoms with Crippen LogP contribution in [-0.2, 0) is 22.5 Å². The minimum absolute atomic E-state index is 0.0674. The van der Waals surface area contributed by atoms with Crippen molar-refractivity contribution in [2.45, 2.75) is 26.3 Å². The second-order valence-corrected chi connectivity index (χ2v) is 6.39. The van der Waals surface area contributed by atoms with E-state index in [2.05, 4.69) is 46.4 Å². The molecule has 3 rings (SSSR count). The second-order valence-electron chi connectivity index (χ2n) is 6.39. The molecule has 0 aliphatic carbocycles. The summed E-state index contributed by atoms with van der Waals surface area (Å²) >= 11 is 0. The summed E-state index contributed by atoms with van der Waals surface area (Å²) < 4.78 is 5.35. The number of rotatable bonds is 6. The third-order valence-corrected chi connectivity index (χ3v) is 4.40. The van der Waals surface area contributed by atoms with Gasteiger partial charge in [-0.1, -0.05) is 35.9 Å². The first-order chi connectivity index (χ1) is 12.2. The Morgan fingerprint density at radius 3 is 2.52 bits per heavy atom. The number of carbonyl (C=O) groups is 1. The number of amides is 1. The molecule has 1 fully saturated rings. The van der Waals surface area contributed by atoms with Gasteiger partial charge in [-0.05, 0) is 30.5 Å². The van der Waals surface area contributed by atoms with E-state index in [1.165, 1.54) is 11.1 Å². The number of hydrogen-bond donors (Lipinski definition) is 1. The second kappa shape index (κ2) is 8.62. The standard InChI is InChI=1S/C20H25N3O2/c1-16-2-4-17(5-3-16)7-9-20(24)22-15-18-6-8-19(21-14-18)23-10-12-25-13-11-23/h2-6,8,14H,7,9-13,15H2,1H3,(H,22,24). The van der Waals surface area contributed by atoms with E-state index in [0.717, 1.165) is 44.1 Å². The summed E-state index contributed by atoms with van der Waals surface area (Å²) in [6.07, 6.45) is 3.10. The van der Waals surface area contributed by atoms with Crippen LogP contribution in [-0.4, -0.2) is 37.2 Å². The van der Waals surface area contributed by atoms with Crippen LogP contribution in [0.1, 0.15) is 23.1 Å². The first-order valence-electron chi connectivity index (χ1n) is 8.80. The normalized spacial score (nSPS) is 14.4. The van der Waals surface area contributed by atoms with E-state index in [4.69, 9.17) is 4.74 Å². The molecule has 1 amide bonds. The number of aromatic nitrogens is 1. The third kappa shape index (κ3) is 5.29. The summed E-state index contributed by atoms with van der Waals surface area (Å²) in [6.45, 7) is 5.84. The van der Waals surface area contributed by atoms with Gasteiger partial charge in [-0.15, -0.1) is 0 Å². The lowest BCUT2D eigenvalue weighted by molar-refractivity contribution is -0.121. The Balaban J connectivity index is 1.43. The van der Waals surface area contributed by atoms with E-state index < -0.39 is 0 Å². The number of pyridine rings is 1. The van der Waals surface area contributed by atoms with Crippen LogP contribution < -0.4 is 10.2 Å². The van der Waals surface area contributed by atoms with Gasteiger partial charge in [-0.3, -0.25) is 4.79 Å². The van der Waals surface area contributed by atoms with Gasteiger partial charge in [-0.2, -0.15) is 0 Å². The molecule has 2 heterocycles. The van der Waals surface area contributed by atoms with E-state index >= 15 is 0 Å². The van der Waals surface area contributed by atoms with Crippen LogP contribution >= 0.6 is 0 Å². The molecule has 5 nitrogen and oxygen atoms in total. The summed E-state index contributed by atoms with van der Waals surface area (Å²) in [6, 6.07) is 12.4. The number of morpholine rings is 1. The first kappa shape index (κ1) is 17.4. The zero-order valence-electron chi connectivity index (χ0n) is 14.7. The van der Waals surface area contributed by atoms with Crippen LogP contribution in [0, 0.1) is 6.92 Å². The Kier molecular flexibility index (Phi) is 6.01. The zero-order valence-corrected chi connectivity index (χ0v) is 14.7. The van der Waals surface area contributed by atoms with Crippen molar-refractivity contribution in [3.63, 3.8) is 0 Å². The number of benzene rings is 1. The highest BCUT2D eigenvalue weighted by Crippen LogP contribution is 2.13. The maximum atomic E-state index is 12.0. The first-order valence-corrected chi connectivity index (χ1v) is 8.80. The molecule has 0 atom stereocenters. The van der Waals surface area contributed by atoms with Crippen LogP contribution in [0.15, 0.2) is 42.6 Å². The van der Waals surface area contributed by atoms with Crippen LogP contribution in [0.25, 0.3) is 0 Å². The van der Waals surface area contributed by atoms with Gasteiger partial charge in [0.05, 0.1) is 13.2 Å². The maximum Gasteiger partial charge on any atom is 0.220 e. The molecule has 5 heteroatoms. The molecule has 1 saturated heterocycles. The van der Waals surface area contributed by atoms with Crippen molar-refractivity contribution in [3.05, 3.63) is 59.3 Å². The SMILES string of the molecule is Cc1ccc(CCC(=O)NCc2ccc(N3CCOCC3)nc2)cc1. The minimum atomic E-state index is 0.0674. The molecule has 25 heavy (non-hydrogen) atoms. The topological polar surface area (TPSA) is 54.5 Å². The van der Waals surface area contributed by atoms with Crippen molar-refractivity contribution in [3.8, 4) is 0 Å². The molecule has 1 N–H and O–H groups in total. The average molecular weight is 339 g/mol. The van der Waals surface area contributed by atoms with E-state index in [-0.39, 0.29) is 5.91 Å². The van der Waals surface area contributed by atoms with Gasteiger partial charge in [0.15, 0.2) is 0 Å². The molecule has 0 unspecified atom stereocenters. The number of nitrogens with one attached hydrogen (secondary N) is 1. The summed E-state index contributed by atoms with van der Waals surface area (Å²) in [4.78, 5) is 18.7. The van der Waals surface area contributed by atoms with Gasteiger partial charge in [-0.25, -0.2) is 4.98 Å². The van der Waals surface area contributed by atoms with Gasteiger partial charge in [0.25, 0.3) is 0 Å². The van der Waals surface area contributed by atoms with Gasteiger partial charge >= 0.3 is 0 Å². The number of anilines is 1. The van der Waals surface area contributed by atoms with Gasteiger partial charge < -0.3 is 15.0 Å². The van der Waals surface area contributed by atoms with Crippen molar-refractivity contribution >= 4 is 11.7 Å². The van der Waals surface area contributed by atoms with Crippen molar-refractivity contribution in [2.75, 3.05) is 31.2 Å². The van der Waals surface area contributed by atoms with Gasteiger partial charge in [0.2, 0.25) is 5.91 Å². The number of aryl methyl sites for hydroxylation is 2. The molecule has 0 saturated carbocycles. The average Bonchev–Trinajstić information content (AvgIpc) is 2.67. The van der Waals surface area contributed by atoms with Gasteiger partial charge in [0, 0.05) is 32.3 Å². The Labute approximate surface area is 149 Å². The predicted molar refractivity (Wildman–Crippen MR) is 98.6 cm³/mol. The molecule has 1 aromatic heterocycles. The molecule has 1 aliphatic heterocycles. The minimum Gasteiger partial charge on any atom is -0.378 e. The molecular weight excluding hydrogens is 314 g/mol. The Morgan fingerprint density at radius 1 is 1.12 bits per heavy atom. The molecule has 0 spiro atoms. The predicted octanol–water partition coefficient (Wildman–Crippen LogP) is 2.48. The number of carbonyl (C=O) groups excluding carboxylic acids is 1. The molecule has 1 aliphatic rings. The molecule has 2 aromatic rings. The highest BCUT2D eigenvalue weighted by molar-refractivity contribution is 5.76. The van der Waals surface area contributed by atoms with Crippen molar-refractivity contribution in [1.29, 1.82) is 0 Å². The maximum absolute atomic E-state index is 12.0. The van der Waals surface area contributed by atoms with Crippen LogP contribution in [0.3, 0.4) is 0 Å². The largest absolute Gasteiger partial charge is 0.378 e. The summed E-state index contributed by atoms with van der Waals surface area (Å²) in [7, 11) is 0. The highest BCUT2D eigenvalue weighted by atomic mass is 16.5. The molecule has 132 valence electrons. The Hall–Kier alpha value is -2.40. The van der Waals surface area contributed by atoms with Gasteiger partial charge in [0.1, 0.15) is 5.82 Å². The molecule has 0 bridgehead atoms. The fraction of sp³-hybridized carbons (Fsp3) is 0.400. The van der Waals surface area contributed by atoms with E-state index in [9.17, 15) is 4.79 Å². The fourth-order valence-corrected chi connectivity index (χ4v) is 2.80. The summed E-state index contributed by atoms with van der Waals surface area (Å²) in [5.74, 6) is 1.04.